The second kappa shape index (κ2) is 13.1. The van der Waals surface area contributed by atoms with E-state index in [1.807, 2.05) is 80.6 Å². The fourth-order valence-electron chi connectivity index (χ4n) is 7.66. The van der Waals surface area contributed by atoms with Crippen molar-refractivity contribution < 1.29 is 19.4 Å². The molecule has 1 aliphatic carbocycles. The van der Waals surface area contributed by atoms with E-state index in [1.54, 1.807) is 0 Å². The zero-order valence-corrected chi connectivity index (χ0v) is 26.8. The third kappa shape index (κ3) is 6.08. The highest BCUT2D eigenvalue weighted by Crippen LogP contribution is 2.51. The van der Waals surface area contributed by atoms with E-state index in [0.29, 0.717) is 24.5 Å². The topological polar surface area (TPSA) is 78.9 Å². The highest BCUT2D eigenvalue weighted by Gasteiger charge is 2.57. The molecule has 2 heterocycles. The summed E-state index contributed by atoms with van der Waals surface area (Å²) in [6.07, 6.45) is 7.54. The molecule has 234 valence electrons. The Morgan fingerprint density at radius 3 is 2.29 bits per heavy atom. The Morgan fingerprint density at radius 2 is 1.62 bits per heavy atom. The number of carbonyl (C=O) groups is 2. The number of benzene rings is 3. The van der Waals surface area contributed by atoms with Gasteiger partial charge in [0, 0.05) is 17.3 Å². The van der Waals surface area contributed by atoms with Crippen LogP contribution in [-0.2, 0) is 14.3 Å². The maximum Gasteiger partial charge on any atom is 0.238 e. The van der Waals surface area contributed by atoms with Crippen molar-refractivity contribution in [3.05, 3.63) is 100 Å². The molecule has 3 aliphatic rings. The predicted octanol–water partition coefficient (Wildman–Crippen LogP) is 8.65. The molecular formula is C39H44N2O4. The van der Waals surface area contributed by atoms with Gasteiger partial charge in [-0.05, 0) is 117 Å². The molecule has 6 heteroatoms. The van der Waals surface area contributed by atoms with Crippen molar-refractivity contribution in [2.24, 2.45) is 17.8 Å². The number of anilines is 3. The van der Waals surface area contributed by atoms with Crippen LogP contribution >= 0.6 is 0 Å². The summed E-state index contributed by atoms with van der Waals surface area (Å²) in [6.45, 7) is 8.72. The molecule has 0 radical (unpaired) electrons. The number of imide groups is 1. The molecule has 0 unspecified atom stereocenters. The van der Waals surface area contributed by atoms with Crippen LogP contribution in [0, 0.1) is 31.6 Å². The van der Waals surface area contributed by atoms with E-state index in [1.165, 1.54) is 21.6 Å². The molecule has 2 aliphatic heterocycles. The summed E-state index contributed by atoms with van der Waals surface area (Å²) < 4.78 is 6.46. The lowest BCUT2D eigenvalue weighted by atomic mass is 9.69. The lowest BCUT2D eigenvalue weighted by Gasteiger charge is -2.31. The number of hydrogen-bond donors (Lipinski definition) is 2. The van der Waals surface area contributed by atoms with Gasteiger partial charge in [0.15, 0.2) is 0 Å². The smallest absolute Gasteiger partial charge is 0.238 e. The van der Waals surface area contributed by atoms with Crippen molar-refractivity contribution in [3.8, 4) is 5.75 Å². The summed E-state index contributed by atoms with van der Waals surface area (Å²) in [5.74, 6) is -0.578. The zero-order valence-electron chi connectivity index (χ0n) is 26.8. The quantitative estimate of drug-likeness (QED) is 0.179. The zero-order chi connectivity index (χ0) is 31.7. The first-order chi connectivity index (χ1) is 21.8. The van der Waals surface area contributed by atoms with Crippen molar-refractivity contribution in [1.82, 2.24) is 0 Å². The summed E-state index contributed by atoms with van der Waals surface area (Å²) in [5.41, 5.74) is 9.33. The molecule has 0 saturated carbocycles. The Kier molecular flexibility index (Phi) is 8.95. The number of rotatable bonds is 10. The van der Waals surface area contributed by atoms with Crippen molar-refractivity contribution in [1.29, 1.82) is 0 Å². The number of carbonyl (C=O) groups excluding carboxylic acids is 2. The molecule has 2 N–H and O–H groups in total. The first kappa shape index (κ1) is 30.8. The molecule has 4 atom stereocenters. The van der Waals surface area contributed by atoms with Gasteiger partial charge in [0.1, 0.15) is 5.75 Å². The van der Waals surface area contributed by atoms with Gasteiger partial charge < -0.3 is 15.2 Å². The summed E-state index contributed by atoms with van der Waals surface area (Å²) in [5, 5.41) is 13.6. The molecule has 2 fully saturated rings. The number of fused-ring (bicyclic) bond motifs is 3. The summed E-state index contributed by atoms with van der Waals surface area (Å²) in [4.78, 5) is 29.2. The van der Waals surface area contributed by atoms with Gasteiger partial charge in [-0.25, -0.2) is 0 Å². The van der Waals surface area contributed by atoms with Crippen molar-refractivity contribution in [2.75, 3.05) is 16.8 Å². The van der Waals surface area contributed by atoms with Crippen LogP contribution in [0.5, 0.6) is 5.75 Å². The molecule has 3 aromatic carbocycles. The average Bonchev–Trinajstić information content (AvgIpc) is 3.57. The van der Waals surface area contributed by atoms with Gasteiger partial charge in [-0.1, -0.05) is 55.7 Å². The molecule has 2 saturated heterocycles. The Balaban J connectivity index is 1.18. The number of para-hydroxylation sites is 1. The number of hydrogen-bond acceptors (Lipinski definition) is 5. The second-order valence-corrected chi connectivity index (χ2v) is 12.8. The molecule has 0 bridgehead atoms. The standard InChI is InChI=1S/C39H44N2O4/c1-5-10-26(21-27-19-24(3)37(42)25(4)20-27)13-18-34-35-28(6-2)22-32-36(33(35)23-45-34)39(44)41(38(32)43)31-16-14-30(15-17-31)40-29-11-8-7-9-12-29/h7-9,11-12,14-17,19-21,32-34,36,40,42H,5-6,10,13,18,22-23H2,1-4H3/b26-21+/t32-,33+,34-,36-/m1/s1. The first-order valence-corrected chi connectivity index (χ1v) is 16.4. The van der Waals surface area contributed by atoms with E-state index in [-0.39, 0.29) is 35.7 Å². The Labute approximate surface area is 266 Å². The lowest BCUT2D eigenvalue weighted by molar-refractivity contribution is -0.122. The first-order valence-electron chi connectivity index (χ1n) is 16.4. The second-order valence-electron chi connectivity index (χ2n) is 12.8. The SMILES string of the molecule is CCC/C(=C\c1cc(C)c(O)c(C)c1)CC[C@H]1OC[C@H]2C1=C(CC)C[C@H]1C(=O)N(c3ccc(Nc4ccccc4)cc3)C(=O)[C@H]12. The molecule has 3 aromatic rings. The van der Waals surface area contributed by atoms with Crippen molar-refractivity contribution in [2.45, 2.75) is 72.3 Å². The number of phenolic OH excluding ortho intramolecular Hbond substituents is 1. The minimum atomic E-state index is -0.372. The van der Waals surface area contributed by atoms with Crippen LogP contribution in [0.15, 0.2) is 83.4 Å². The molecule has 0 aromatic heterocycles. The van der Waals surface area contributed by atoms with Crippen LogP contribution in [0.4, 0.5) is 17.1 Å². The summed E-state index contributed by atoms with van der Waals surface area (Å²) in [6, 6.07) is 21.6. The van der Waals surface area contributed by atoms with Crippen molar-refractivity contribution in [3.63, 3.8) is 0 Å². The largest absolute Gasteiger partial charge is 0.507 e. The summed E-state index contributed by atoms with van der Waals surface area (Å²) >= 11 is 0. The van der Waals surface area contributed by atoms with E-state index in [4.69, 9.17) is 4.74 Å². The number of phenols is 1. The Morgan fingerprint density at radius 1 is 0.933 bits per heavy atom. The monoisotopic (exact) mass is 604 g/mol. The van der Waals surface area contributed by atoms with Gasteiger partial charge in [0.05, 0.1) is 30.2 Å². The van der Waals surface area contributed by atoms with Gasteiger partial charge in [0.2, 0.25) is 11.8 Å². The fraction of sp³-hybridized carbons (Fsp3) is 0.385. The average molecular weight is 605 g/mol. The van der Waals surface area contributed by atoms with E-state index in [2.05, 4.69) is 25.2 Å². The van der Waals surface area contributed by atoms with Gasteiger partial charge in [-0.3, -0.25) is 14.5 Å². The van der Waals surface area contributed by atoms with E-state index < -0.39 is 0 Å². The predicted molar refractivity (Wildman–Crippen MR) is 181 cm³/mol. The van der Waals surface area contributed by atoms with Gasteiger partial charge in [-0.15, -0.1) is 0 Å². The minimum Gasteiger partial charge on any atom is -0.507 e. The normalized spacial score (nSPS) is 23.0. The lowest BCUT2D eigenvalue weighted by Crippen LogP contribution is -2.34. The molecule has 45 heavy (non-hydrogen) atoms. The number of allylic oxidation sites excluding steroid dienone is 2. The van der Waals surface area contributed by atoms with Crippen LogP contribution < -0.4 is 10.2 Å². The van der Waals surface area contributed by atoms with Crippen molar-refractivity contribution >= 4 is 35.0 Å². The molecule has 6 rings (SSSR count). The van der Waals surface area contributed by atoms with Gasteiger partial charge in [-0.2, -0.15) is 0 Å². The number of aromatic hydroxyl groups is 1. The third-order valence-electron chi connectivity index (χ3n) is 9.81. The van der Waals surface area contributed by atoms with Gasteiger partial charge >= 0.3 is 0 Å². The van der Waals surface area contributed by atoms with Crippen LogP contribution in [0.1, 0.15) is 69.1 Å². The summed E-state index contributed by atoms with van der Waals surface area (Å²) in [7, 11) is 0. The number of amides is 2. The maximum absolute atomic E-state index is 14.0. The van der Waals surface area contributed by atoms with Crippen LogP contribution in [-0.4, -0.2) is 29.6 Å². The molecular weight excluding hydrogens is 560 g/mol. The Hall–Kier alpha value is -4.16. The van der Waals surface area contributed by atoms with E-state index in [9.17, 15) is 14.7 Å². The molecule has 6 nitrogen and oxygen atoms in total. The van der Waals surface area contributed by atoms with Crippen LogP contribution in [0.25, 0.3) is 6.08 Å². The van der Waals surface area contributed by atoms with E-state index >= 15 is 0 Å². The molecule has 0 spiro atoms. The number of ether oxygens (including phenoxy) is 1. The fourth-order valence-corrected chi connectivity index (χ4v) is 7.66. The Bertz CT molecular complexity index is 1620. The third-order valence-corrected chi connectivity index (χ3v) is 9.81. The highest BCUT2D eigenvalue weighted by atomic mass is 16.5. The maximum atomic E-state index is 14.0. The highest BCUT2D eigenvalue weighted by molar-refractivity contribution is 6.22. The van der Waals surface area contributed by atoms with Gasteiger partial charge in [0.25, 0.3) is 0 Å². The number of aryl methyl sites for hydroxylation is 2. The van der Waals surface area contributed by atoms with Crippen LogP contribution in [0.3, 0.4) is 0 Å². The number of nitrogens with zero attached hydrogens (tertiary/aromatic N) is 1. The van der Waals surface area contributed by atoms with E-state index in [0.717, 1.165) is 60.2 Å². The number of nitrogens with one attached hydrogen (secondary N) is 1. The molecule has 2 amide bonds. The minimum absolute atomic E-state index is 0.0326. The van der Waals surface area contributed by atoms with Crippen LogP contribution in [0.2, 0.25) is 0 Å².